The normalized spacial score (nSPS) is 15.9. The van der Waals surface area contributed by atoms with E-state index in [0.29, 0.717) is 0 Å². The molecule has 1 N–H and O–H groups in total. The first-order valence-electron chi connectivity index (χ1n) is 7.68. The summed E-state index contributed by atoms with van der Waals surface area (Å²) in [6, 6.07) is 5.25. The highest BCUT2D eigenvalue weighted by Crippen LogP contribution is 2.36. The highest BCUT2D eigenvalue weighted by atomic mass is 19.4. The molecule has 0 aliphatic heterocycles. The van der Waals surface area contributed by atoms with Crippen LogP contribution in [0.5, 0.6) is 5.75 Å². The molecule has 1 aliphatic carbocycles. The highest BCUT2D eigenvalue weighted by Gasteiger charge is 2.32. The highest BCUT2D eigenvalue weighted by molar-refractivity contribution is 5.67. The summed E-state index contributed by atoms with van der Waals surface area (Å²) in [5.41, 5.74) is -0.589. The van der Waals surface area contributed by atoms with Gasteiger partial charge in [0.2, 0.25) is 0 Å². The van der Waals surface area contributed by atoms with E-state index in [4.69, 9.17) is 10.00 Å². The van der Waals surface area contributed by atoms with Gasteiger partial charge in [-0.3, -0.25) is 0 Å². The summed E-state index contributed by atoms with van der Waals surface area (Å²) in [5, 5.41) is 18.6. The molecule has 0 unspecified atom stereocenters. The molecule has 0 atom stereocenters. The summed E-state index contributed by atoms with van der Waals surface area (Å²) in [6.45, 7) is 0. The van der Waals surface area contributed by atoms with Gasteiger partial charge < -0.3 is 4.74 Å². The second kappa shape index (κ2) is 6.51. The van der Waals surface area contributed by atoms with Gasteiger partial charge in [-0.1, -0.05) is 11.6 Å². The van der Waals surface area contributed by atoms with E-state index in [0.717, 1.165) is 44.2 Å². The van der Waals surface area contributed by atoms with Crippen LogP contribution in [-0.2, 0) is 6.18 Å². The Labute approximate surface area is 136 Å². The second-order valence-electron chi connectivity index (χ2n) is 5.77. The van der Waals surface area contributed by atoms with Crippen LogP contribution in [0.4, 0.5) is 13.2 Å². The van der Waals surface area contributed by atoms with Gasteiger partial charge in [0.25, 0.3) is 0 Å². The minimum atomic E-state index is -4.52. The largest absolute Gasteiger partial charge is 0.490 e. The summed E-state index contributed by atoms with van der Waals surface area (Å²) >= 11 is 0. The monoisotopic (exact) mass is 336 g/mol. The number of halogens is 3. The second-order valence-corrected chi connectivity index (χ2v) is 5.77. The Morgan fingerprint density at radius 1 is 1.17 bits per heavy atom. The molecule has 1 aromatic carbocycles. The molecule has 0 bridgehead atoms. The fraction of sp³-hybridized carbons (Fsp3) is 0.438. The van der Waals surface area contributed by atoms with Gasteiger partial charge in [0, 0.05) is 5.56 Å². The van der Waals surface area contributed by atoms with Crippen molar-refractivity contribution in [3.8, 4) is 23.1 Å². The van der Waals surface area contributed by atoms with Gasteiger partial charge in [-0.05, 0) is 43.9 Å². The summed E-state index contributed by atoms with van der Waals surface area (Å²) in [4.78, 5) is 0. The van der Waals surface area contributed by atoms with Crippen molar-refractivity contribution in [2.75, 3.05) is 0 Å². The average molecular weight is 336 g/mol. The number of aromatic amines is 1. The predicted octanol–water partition coefficient (Wildman–Crippen LogP) is 4.07. The van der Waals surface area contributed by atoms with Crippen LogP contribution < -0.4 is 4.74 Å². The molecule has 2 aromatic rings. The molecule has 0 spiro atoms. The van der Waals surface area contributed by atoms with Crippen LogP contribution in [-0.4, -0.2) is 21.5 Å². The van der Waals surface area contributed by atoms with E-state index >= 15 is 0 Å². The first-order chi connectivity index (χ1) is 11.5. The maximum Gasteiger partial charge on any atom is 0.416 e. The molecule has 1 saturated carbocycles. The van der Waals surface area contributed by atoms with Crippen LogP contribution in [0.1, 0.15) is 43.4 Å². The molecule has 0 amide bonds. The number of rotatable bonds is 3. The zero-order chi connectivity index (χ0) is 17.2. The number of nitriles is 1. The molecule has 5 nitrogen and oxygen atoms in total. The summed E-state index contributed by atoms with van der Waals surface area (Å²) in [7, 11) is 0. The van der Waals surface area contributed by atoms with Crippen molar-refractivity contribution in [1.29, 1.82) is 5.26 Å². The molecular weight excluding hydrogens is 321 g/mol. The molecule has 1 aliphatic rings. The van der Waals surface area contributed by atoms with Gasteiger partial charge in [0.1, 0.15) is 17.5 Å². The molecular formula is C16H15F3N4O. The Balaban J connectivity index is 1.99. The quantitative estimate of drug-likeness (QED) is 0.917. The van der Waals surface area contributed by atoms with Gasteiger partial charge >= 0.3 is 6.18 Å². The van der Waals surface area contributed by atoms with Crippen molar-refractivity contribution < 1.29 is 17.9 Å². The van der Waals surface area contributed by atoms with Crippen LogP contribution in [0.25, 0.3) is 11.3 Å². The van der Waals surface area contributed by atoms with Gasteiger partial charge in [0.15, 0.2) is 5.69 Å². The molecule has 0 saturated heterocycles. The smallest absolute Gasteiger partial charge is 0.416 e. The van der Waals surface area contributed by atoms with Crippen molar-refractivity contribution >= 4 is 0 Å². The van der Waals surface area contributed by atoms with Crippen LogP contribution >= 0.6 is 0 Å². The van der Waals surface area contributed by atoms with E-state index in [9.17, 15) is 13.2 Å². The summed E-state index contributed by atoms with van der Waals surface area (Å²) in [6.07, 6.45) is 0.215. The van der Waals surface area contributed by atoms with Gasteiger partial charge in [0.05, 0.1) is 11.7 Å². The van der Waals surface area contributed by atoms with Gasteiger partial charge in [-0.15, -0.1) is 5.10 Å². The van der Waals surface area contributed by atoms with Crippen molar-refractivity contribution in [2.45, 2.75) is 44.4 Å². The lowest BCUT2D eigenvalue weighted by molar-refractivity contribution is -0.137. The third-order valence-electron chi connectivity index (χ3n) is 4.02. The average Bonchev–Trinajstić information content (AvgIpc) is 3.03. The molecule has 3 rings (SSSR count). The van der Waals surface area contributed by atoms with Crippen molar-refractivity contribution in [3.63, 3.8) is 0 Å². The van der Waals surface area contributed by atoms with Crippen LogP contribution in [0.2, 0.25) is 0 Å². The summed E-state index contributed by atoms with van der Waals surface area (Å²) in [5.74, 6) is 0.138. The Bertz CT molecular complexity index is 757. The van der Waals surface area contributed by atoms with E-state index in [-0.39, 0.29) is 28.8 Å². The number of benzene rings is 1. The van der Waals surface area contributed by atoms with E-state index in [1.165, 1.54) is 6.07 Å². The third kappa shape index (κ3) is 3.50. The lowest BCUT2D eigenvalue weighted by Gasteiger charge is -2.23. The van der Waals surface area contributed by atoms with E-state index in [1.54, 1.807) is 0 Å². The number of ether oxygens (including phenoxy) is 1. The number of hydrogen-bond donors (Lipinski definition) is 1. The van der Waals surface area contributed by atoms with Crippen LogP contribution in [0, 0.1) is 11.3 Å². The van der Waals surface area contributed by atoms with Gasteiger partial charge in [-0.25, -0.2) is 5.10 Å². The Kier molecular flexibility index (Phi) is 4.42. The van der Waals surface area contributed by atoms with Crippen molar-refractivity contribution in [2.24, 2.45) is 0 Å². The minimum absolute atomic E-state index is 0.0120. The number of H-pyrrole nitrogens is 1. The van der Waals surface area contributed by atoms with Crippen LogP contribution in [0.3, 0.4) is 0 Å². The lowest BCUT2D eigenvalue weighted by Crippen LogP contribution is -2.20. The zero-order valence-electron chi connectivity index (χ0n) is 12.7. The topological polar surface area (TPSA) is 74.6 Å². The molecule has 1 heterocycles. The fourth-order valence-corrected chi connectivity index (χ4v) is 2.85. The molecule has 0 radical (unpaired) electrons. The minimum Gasteiger partial charge on any atom is -0.490 e. The van der Waals surface area contributed by atoms with E-state index < -0.39 is 11.7 Å². The molecule has 1 aromatic heterocycles. The van der Waals surface area contributed by atoms with E-state index in [1.807, 2.05) is 6.07 Å². The van der Waals surface area contributed by atoms with Gasteiger partial charge in [-0.2, -0.15) is 18.4 Å². The number of nitrogens with zero attached hydrogens (tertiary/aromatic N) is 3. The first-order valence-corrected chi connectivity index (χ1v) is 7.68. The fourth-order valence-electron chi connectivity index (χ4n) is 2.85. The Morgan fingerprint density at radius 2 is 1.92 bits per heavy atom. The number of alkyl halides is 3. The molecule has 1 fully saturated rings. The standard InChI is InChI=1S/C16H15F3N4O/c17-16(18,19)11-6-10(15-14(9-20)21-23-22-15)7-13(8-11)24-12-4-2-1-3-5-12/h6-8,12H,1-5H2,(H,21,22,23). The third-order valence-corrected chi connectivity index (χ3v) is 4.02. The lowest BCUT2D eigenvalue weighted by atomic mass is 9.97. The maximum absolute atomic E-state index is 13.2. The Morgan fingerprint density at radius 3 is 2.58 bits per heavy atom. The first kappa shape index (κ1) is 16.3. The summed E-state index contributed by atoms with van der Waals surface area (Å²) < 4.78 is 45.3. The SMILES string of the molecule is N#Cc1[nH]nnc1-c1cc(OC2CCCCC2)cc(C(F)(F)F)c1. The number of nitrogens with one attached hydrogen (secondary N) is 1. The number of hydrogen-bond acceptors (Lipinski definition) is 4. The van der Waals surface area contributed by atoms with Crippen molar-refractivity contribution in [1.82, 2.24) is 15.4 Å². The molecule has 8 heteroatoms. The number of aromatic nitrogens is 3. The van der Waals surface area contributed by atoms with E-state index in [2.05, 4.69) is 15.4 Å². The maximum atomic E-state index is 13.2. The predicted molar refractivity (Wildman–Crippen MR) is 79.0 cm³/mol. The Hall–Kier alpha value is -2.56. The molecule has 24 heavy (non-hydrogen) atoms. The molecule has 126 valence electrons. The zero-order valence-corrected chi connectivity index (χ0v) is 12.7. The van der Waals surface area contributed by atoms with Crippen LogP contribution in [0.15, 0.2) is 18.2 Å². The van der Waals surface area contributed by atoms with Crippen molar-refractivity contribution in [3.05, 3.63) is 29.5 Å².